The third kappa shape index (κ3) is 3.87. The molecule has 128 valence electrons. The lowest BCUT2D eigenvalue weighted by Gasteiger charge is -2.41. The smallest absolute Gasteiger partial charge is 0.318 e. The van der Waals surface area contributed by atoms with Crippen molar-refractivity contribution >= 4 is 17.4 Å². The first-order valence-corrected chi connectivity index (χ1v) is 9.36. The molecule has 5 nitrogen and oxygen atoms in total. The van der Waals surface area contributed by atoms with Gasteiger partial charge in [0.25, 0.3) is 0 Å². The Morgan fingerprint density at radius 3 is 2.87 bits per heavy atom. The van der Waals surface area contributed by atoms with Crippen LogP contribution in [-0.4, -0.2) is 60.8 Å². The second-order valence-corrected chi connectivity index (χ2v) is 7.92. The molecule has 6 heteroatoms. The molecule has 1 aromatic rings. The van der Waals surface area contributed by atoms with Crippen molar-refractivity contribution in [2.75, 3.05) is 39.4 Å². The third-order valence-electron chi connectivity index (χ3n) is 4.92. The first-order chi connectivity index (χ1) is 11.1. The first-order valence-electron chi connectivity index (χ1n) is 8.48. The van der Waals surface area contributed by atoms with Crippen LogP contribution in [0.5, 0.6) is 0 Å². The molecule has 1 N–H and O–H groups in total. The van der Waals surface area contributed by atoms with Gasteiger partial charge in [0.15, 0.2) is 0 Å². The molecule has 2 saturated heterocycles. The SMILES string of the molecule is CC(C)(CNC(=O)N1CCCC1c1cccs1)N1CCOCC1. The standard InChI is InChI=1S/C17H27N3O2S/c1-17(2,19-8-10-22-11-9-19)13-18-16(21)20-7-3-5-14(20)15-6-4-12-23-15/h4,6,12,14H,3,5,7-11,13H2,1-2H3,(H,18,21). The fourth-order valence-corrected chi connectivity index (χ4v) is 4.33. The van der Waals surface area contributed by atoms with Crippen LogP contribution in [0.1, 0.15) is 37.6 Å². The van der Waals surface area contributed by atoms with Gasteiger partial charge in [-0.25, -0.2) is 4.79 Å². The van der Waals surface area contributed by atoms with E-state index in [9.17, 15) is 4.79 Å². The minimum Gasteiger partial charge on any atom is -0.379 e. The monoisotopic (exact) mass is 337 g/mol. The van der Waals surface area contributed by atoms with Gasteiger partial charge in [-0.3, -0.25) is 4.90 Å². The summed E-state index contributed by atoms with van der Waals surface area (Å²) in [6.45, 7) is 9.34. The van der Waals surface area contributed by atoms with Gasteiger partial charge in [0.2, 0.25) is 0 Å². The largest absolute Gasteiger partial charge is 0.379 e. The van der Waals surface area contributed by atoms with Crippen LogP contribution in [0.3, 0.4) is 0 Å². The lowest BCUT2D eigenvalue weighted by atomic mass is 10.0. The van der Waals surface area contributed by atoms with Crippen molar-refractivity contribution in [3.63, 3.8) is 0 Å². The highest BCUT2D eigenvalue weighted by Gasteiger charge is 2.33. The fraction of sp³-hybridized carbons (Fsp3) is 0.706. The van der Waals surface area contributed by atoms with E-state index in [0.29, 0.717) is 6.54 Å². The van der Waals surface area contributed by atoms with E-state index in [4.69, 9.17) is 4.74 Å². The number of hydrogen-bond donors (Lipinski definition) is 1. The van der Waals surface area contributed by atoms with E-state index in [1.807, 2.05) is 4.90 Å². The predicted molar refractivity (Wildman–Crippen MR) is 92.9 cm³/mol. The van der Waals surface area contributed by atoms with Crippen LogP contribution < -0.4 is 5.32 Å². The second kappa shape index (κ2) is 7.20. The molecule has 2 amide bonds. The highest BCUT2D eigenvalue weighted by Crippen LogP contribution is 2.34. The van der Waals surface area contributed by atoms with Crippen LogP contribution in [0.2, 0.25) is 0 Å². The highest BCUT2D eigenvalue weighted by molar-refractivity contribution is 7.10. The number of urea groups is 1. The van der Waals surface area contributed by atoms with Gasteiger partial charge in [0, 0.05) is 36.6 Å². The molecule has 3 heterocycles. The lowest BCUT2D eigenvalue weighted by molar-refractivity contribution is -0.00907. The van der Waals surface area contributed by atoms with Gasteiger partial charge in [-0.05, 0) is 38.1 Å². The summed E-state index contributed by atoms with van der Waals surface area (Å²) in [5.74, 6) is 0. The van der Waals surface area contributed by atoms with Gasteiger partial charge in [0.05, 0.1) is 19.3 Å². The van der Waals surface area contributed by atoms with Gasteiger partial charge in [0.1, 0.15) is 0 Å². The van der Waals surface area contributed by atoms with Gasteiger partial charge in [-0.2, -0.15) is 0 Å². The minimum absolute atomic E-state index is 0.0441. The molecule has 2 fully saturated rings. The van der Waals surface area contributed by atoms with E-state index in [0.717, 1.165) is 45.7 Å². The van der Waals surface area contributed by atoms with Crippen molar-refractivity contribution in [1.82, 2.24) is 15.1 Å². The van der Waals surface area contributed by atoms with Crippen LogP contribution in [0.25, 0.3) is 0 Å². The molecule has 0 bridgehead atoms. The summed E-state index contributed by atoms with van der Waals surface area (Å²) in [5.41, 5.74) is -0.0441. The van der Waals surface area contributed by atoms with Crippen LogP contribution >= 0.6 is 11.3 Å². The minimum atomic E-state index is -0.0441. The molecule has 0 aromatic carbocycles. The molecule has 23 heavy (non-hydrogen) atoms. The number of rotatable bonds is 4. The zero-order chi connectivity index (χ0) is 16.3. The zero-order valence-corrected chi connectivity index (χ0v) is 14.9. The number of likely N-dealkylation sites (tertiary alicyclic amines) is 1. The number of carbonyl (C=O) groups excluding carboxylic acids is 1. The Bertz CT molecular complexity index is 512. The van der Waals surface area contributed by atoms with E-state index >= 15 is 0 Å². The summed E-state index contributed by atoms with van der Waals surface area (Å²) in [6, 6.07) is 4.53. The molecule has 0 saturated carbocycles. The molecule has 1 atom stereocenters. The number of carbonyl (C=O) groups is 1. The summed E-state index contributed by atoms with van der Waals surface area (Å²) in [7, 11) is 0. The summed E-state index contributed by atoms with van der Waals surface area (Å²) >= 11 is 1.74. The predicted octanol–water partition coefficient (Wildman–Crippen LogP) is 2.71. The Balaban J connectivity index is 1.56. The van der Waals surface area contributed by atoms with Crippen LogP contribution in [0.4, 0.5) is 4.79 Å². The van der Waals surface area contributed by atoms with Gasteiger partial charge >= 0.3 is 6.03 Å². The number of thiophene rings is 1. The molecule has 1 aromatic heterocycles. The maximum Gasteiger partial charge on any atom is 0.318 e. The Labute approximate surface area is 142 Å². The van der Waals surface area contributed by atoms with Crippen molar-refractivity contribution in [3.05, 3.63) is 22.4 Å². The lowest BCUT2D eigenvalue weighted by Crippen LogP contribution is -2.56. The van der Waals surface area contributed by atoms with E-state index in [2.05, 4.69) is 41.6 Å². The van der Waals surface area contributed by atoms with Crippen molar-refractivity contribution in [2.45, 2.75) is 38.3 Å². The third-order valence-corrected chi connectivity index (χ3v) is 5.90. The number of amides is 2. The molecule has 1 unspecified atom stereocenters. The number of nitrogens with zero attached hydrogens (tertiary/aromatic N) is 2. The summed E-state index contributed by atoms with van der Waals surface area (Å²) in [6.07, 6.45) is 2.16. The van der Waals surface area contributed by atoms with E-state index in [1.54, 1.807) is 11.3 Å². The Hall–Kier alpha value is -1.11. The first kappa shape index (κ1) is 16.7. The molecule has 2 aliphatic rings. The van der Waals surface area contributed by atoms with E-state index in [-0.39, 0.29) is 17.6 Å². The summed E-state index contributed by atoms with van der Waals surface area (Å²) in [4.78, 5) is 18.4. The number of nitrogens with one attached hydrogen (secondary N) is 1. The number of hydrogen-bond acceptors (Lipinski definition) is 4. The second-order valence-electron chi connectivity index (χ2n) is 6.94. The summed E-state index contributed by atoms with van der Waals surface area (Å²) < 4.78 is 5.42. The van der Waals surface area contributed by atoms with E-state index < -0.39 is 0 Å². The quantitative estimate of drug-likeness (QED) is 0.919. The van der Waals surface area contributed by atoms with Gasteiger partial charge < -0.3 is 15.0 Å². The Morgan fingerprint density at radius 2 is 2.17 bits per heavy atom. The van der Waals surface area contributed by atoms with Gasteiger partial charge in [-0.15, -0.1) is 11.3 Å². The molecule has 3 rings (SSSR count). The average Bonchev–Trinajstić information content (AvgIpc) is 3.24. The molecular weight excluding hydrogens is 310 g/mol. The van der Waals surface area contributed by atoms with Crippen molar-refractivity contribution < 1.29 is 9.53 Å². The average molecular weight is 337 g/mol. The zero-order valence-electron chi connectivity index (χ0n) is 14.1. The van der Waals surface area contributed by atoms with Crippen molar-refractivity contribution in [2.24, 2.45) is 0 Å². The molecule has 2 aliphatic heterocycles. The molecule has 0 radical (unpaired) electrons. The maximum absolute atomic E-state index is 12.7. The van der Waals surface area contributed by atoms with Gasteiger partial charge in [-0.1, -0.05) is 6.07 Å². The number of ether oxygens (including phenoxy) is 1. The Kier molecular flexibility index (Phi) is 5.24. The van der Waals surface area contributed by atoms with Crippen LogP contribution in [0.15, 0.2) is 17.5 Å². The number of morpholine rings is 1. The topological polar surface area (TPSA) is 44.8 Å². The van der Waals surface area contributed by atoms with Crippen LogP contribution in [0, 0.1) is 0 Å². The fourth-order valence-electron chi connectivity index (χ4n) is 3.46. The maximum atomic E-state index is 12.7. The van der Waals surface area contributed by atoms with Crippen molar-refractivity contribution in [3.8, 4) is 0 Å². The van der Waals surface area contributed by atoms with Crippen molar-refractivity contribution in [1.29, 1.82) is 0 Å². The normalized spacial score (nSPS) is 23.2. The highest BCUT2D eigenvalue weighted by atomic mass is 32.1. The van der Waals surface area contributed by atoms with Crippen LogP contribution in [-0.2, 0) is 4.74 Å². The summed E-state index contributed by atoms with van der Waals surface area (Å²) in [5, 5.41) is 5.25. The molecule has 0 aliphatic carbocycles. The van der Waals surface area contributed by atoms with E-state index in [1.165, 1.54) is 4.88 Å². The molecule has 0 spiro atoms. The Morgan fingerprint density at radius 1 is 1.39 bits per heavy atom. The molecular formula is C17H27N3O2S.